The van der Waals surface area contributed by atoms with Crippen molar-refractivity contribution in [1.82, 2.24) is 4.98 Å². The van der Waals surface area contributed by atoms with Crippen LogP contribution < -0.4 is 0 Å². The first-order chi connectivity index (χ1) is 10.6. The number of fused-ring (bicyclic) bond motifs is 1. The van der Waals surface area contributed by atoms with Crippen LogP contribution in [0.25, 0.3) is 26.9 Å². The molecule has 0 atom stereocenters. The lowest BCUT2D eigenvalue weighted by atomic mass is 10.0. The summed E-state index contributed by atoms with van der Waals surface area (Å²) < 4.78 is 14.2. The van der Waals surface area contributed by atoms with Crippen molar-refractivity contribution in [3.63, 3.8) is 0 Å². The summed E-state index contributed by atoms with van der Waals surface area (Å²) in [6, 6.07) is 10.5. The molecule has 3 rings (SSSR count). The van der Waals surface area contributed by atoms with Gasteiger partial charge in [-0.15, -0.1) is 0 Å². The topological polar surface area (TPSA) is 54.5 Å². The highest BCUT2D eigenvalue weighted by Gasteiger charge is 2.13. The van der Waals surface area contributed by atoms with Gasteiger partial charge in [0.1, 0.15) is 5.82 Å². The second-order valence-corrected chi connectivity index (χ2v) is 4.68. The van der Waals surface area contributed by atoms with Gasteiger partial charge in [-0.25, -0.2) is 14.0 Å². The zero-order valence-electron chi connectivity index (χ0n) is 11.2. The third-order valence-electron chi connectivity index (χ3n) is 3.35. The van der Waals surface area contributed by atoms with Crippen molar-refractivity contribution in [2.75, 3.05) is 0 Å². The molecular formula is C17H9FN2O2. The molecule has 106 valence electrons. The Morgan fingerprint density at radius 1 is 1.18 bits per heavy atom. The van der Waals surface area contributed by atoms with Crippen LogP contribution in [0.15, 0.2) is 48.7 Å². The second kappa shape index (κ2) is 5.26. The maximum atomic E-state index is 14.2. The largest absolute Gasteiger partial charge is 0.478 e. The second-order valence-electron chi connectivity index (χ2n) is 4.68. The summed E-state index contributed by atoms with van der Waals surface area (Å²) in [4.78, 5) is 18.5. The monoisotopic (exact) mass is 292 g/mol. The van der Waals surface area contributed by atoms with Crippen LogP contribution in [-0.4, -0.2) is 16.1 Å². The van der Waals surface area contributed by atoms with E-state index < -0.39 is 11.8 Å². The Bertz CT molecular complexity index is 945. The average Bonchev–Trinajstić information content (AvgIpc) is 2.53. The smallest absolute Gasteiger partial charge is 0.335 e. The van der Waals surface area contributed by atoms with Crippen LogP contribution in [0.4, 0.5) is 10.1 Å². The third kappa shape index (κ3) is 2.27. The molecule has 0 spiro atoms. The van der Waals surface area contributed by atoms with E-state index >= 15 is 0 Å². The number of carbonyl (C=O) groups is 1. The zero-order valence-corrected chi connectivity index (χ0v) is 11.2. The molecule has 5 heteroatoms. The lowest BCUT2D eigenvalue weighted by Crippen LogP contribution is -1.97. The fraction of sp³-hybridized carbons (Fsp3) is 0. The van der Waals surface area contributed by atoms with Crippen molar-refractivity contribution in [3.05, 3.63) is 71.5 Å². The fourth-order valence-corrected chi connectivity index (χ4v) is 2.28. The first-order valence-corrected chi connectivity index (χ1v) is 6.39. The molecule has 4 nitrogen and oxygen atoms in total. The van der Waals surface area contributed by atoms with Gasteiger partial charge in [-0.1, -0.05) is 18.2 Å². The van der Waals surface area contributed by atoms with Crippen LogP contribution in [0, 0.1) is 12.4 Å². The highest BCUT2D eigenvalue weighted by molar-refractivity contribution is 6.00. The molecule has 0 aliphatic rings. The minimum Gasteiger partial charge on any atom is -0.478 e. The molecule has 0 fully saturated rings. The Kier molecular flexibility index (Phi) is 3.28. The van der Waals surface area contributed by atoms with Crippen LogP contribution in [0.5, 0.6) is 0 Å². The van der Waals surface area contributed by atoms with E-state index in [0.29, 0.717) is 11.1 Å². The number of hydrogen-bond acceptors (Lipinski definition) is 2. The SMILES string of the molecule is [C-]#[N+]c1ccc(-c2nccc3ccc(C(=O)O)cc23)c(F)c1. The predicted molar refractivity (Wildman–Crippen MR) is 80.4 cm³/mol. The van der Waals surface area contributed by atoms with Gasteiger partial charge < -0.3 is 5.11 Å². The number of aromatic nitrogens is 1. The number of carboxylic acids is 1. The molecule has 0 bridgehead atoms. The van der Waals surface area contributed by atoms with E-state index in [2.05, 4.69) is 9.83 Å². The normalized spacial score (nSPS) is 10.4. The molecule has 0 aliphatic heterocycles. The van der Waals surface area contributed by atoms with Gasteiger partial charge >= 0.3 is 5.97 Å². The van der Waals surface area contributed by atoms with Gasteiger partial charge in [0.2, 0.25) is 0 Å². The van der Waals surface area contributed by atoms with Crippen molar-refractivity contribution in [2.24, 2.45) is 0 Å². The van der Waals surface area contributed by atoms with Gasteiger partial charge in [-0.2, -0.15) is 0 Å². The van der Waals surface area contributed by atoms with Gasteiger partial charge in [0.25, 0.3) is 0 Å². The molecular weight excluding hydrogens is 283 g/mol. The number of nitrogens with zero attached hydrogens (tertiary/aromatic N) is 2. The summed E-state index contributed by atoms with van der Waals surface area (Å²) in [6.45, 7) is 6.90. The molecule has 3 aromatic rings. The van der Waals surface area contributed by atoms with Crippen LogP contribution in [0.2, 0.25) is 0 Å². The Hall–Kier alpha value is -3.26. The Morgan fingerprint density at radius 2 is 2.00 bits per heavy atom. The first kappa shape index (κ1) is 13.7. The summed E-state index contributed by atoms with van der Waals surface area (Å²) in [5, 5.41) is 10.4. The lowest BCUT2D eigenvalue weighted by molar-refractivity contribution is 0.0697. The van der Waals surface area contributed by atoms with E-state index in [1.807, 2.05) is 0 Å². The Morgan fingerprint density at radius 3 is 2.68 bits per heavy atom. The third-order valence-corrected chi connectivity index (χ3v) is 3.35. The van der Waals surface area contributed by atoms with E-state index in [9.17, 15) is 9.18 Å². The van der Waals surface area contributed by atoms with E-state index in [4.69, 9.17) is 11.7 Å². The summed E-state index contributed by atoms with van der Waals surface area (Å²) in [5.41, 5.74) is 0.905. The molecule has 1 heterocycles. The number of benzene rings is 2. The highest BCUT2D eigenvalue weighted by atomic mass is 19.1. The van der Waals surface area contributed by atoms with E-state index in [1.54, 1.807) is 18.3 Å². The summed E-state index contributed by atoms with van der Waals surface area (Å²) in [7, 11) is 0. The summed E-state index contributed by atoms with van der Waals surface area (Å²) >= 11 is 0. The highest BCUT2D eigenvalue weighted by Crippen LogP contribution is 2.31. The van der Waals surface area contributed by atoms with Crippen LogP contribution in [0.3, 0.4) is 0 Å². The van der Waals surface area contributed by atoms with E-state index in [-0.39, 0.29) is 16.8 Å². The first-order valence-electron chi connectivity index (χ1n) is 6.39. The number of halogens is 1. The number of aromatic carboxylic acids is 1. The van der Waals surface area contributed by atoms with Crippen molar-refractivity contribution in [3.8, 4) is 11.3 Å². The van der Waals surface area contributed by atoms with E-state index in [0.717, 1.165) is 11.5 Å². The zero-order chi connectivity index (χ0) is 15.7. The summed E-state index contributed by atoms with van der Waals surface area (Å²) in [6.07, 6.45) is 1.54. The molecule has 2 aromatic carbocycles. The van der Waals surface area contributed by atoms with Crippen molar-refractivity contribution < 1.29 is 14.3 Å². The maximum Gasteiger partial charge on any atom is 0.335 e. The maximum absolute atomic E-state index is 14.2. The van der Waals surface area contributed by atoms with Crippen LogP contribution in [-0.2, 0) is 0 Å². The number of rotatable bonds is 2. The summed E-state index contributed by atoms with van der Waals surface area (Å²) in [5.74, 6) is -1.62. The number of hydrogen-bond donors (Lipinski definition) is 1. The predicted octanol–water partition coefficient (Wildman–Crippen LogP) is 4.29. The molecule has 0 saturated heterocycles. The Labute approximate surface area is 125 Å². The minimum atomic E-state index is -1.06. The van der Waals surface area contributed by atoms with E-state index in [1.165, 1.54) is 24.3 Å². The molecule has 0 unspecified atom stereocenters. The average molecular weight is 292 g/mol. The molecule has 1 N–H and O–H groups in total. The quantitative estimate of drug-likeness (QED) is 0.717. The molecule has 22 heavy (non-hydrogen) atoms. The van der Waals surface area contributed by atoms with Gasteiger partial charge in [0, 0.05) is 17.1 Å². The van der Waals surface area contributed by atoms with Crippen LogP contribution >= 0.6 is 0 Å². The minimum absolute atomic E-state index is 0.111. The lowest BCUT2D eigenvalue weighted by Gasteiger charge is -2.08. The fourth-order valence-electron chi connectivity index (χ4n) is 2.28. The number of pyridine rings is 1. The van der Waals surface area contributed by atoms with Gasteiger partial charge in [0.05, 0.1) is 17.8 Å². The van der Waals surface area contributed by atoms with Crippen molar-refractivity contribution in [1.29, 1.82) is 0 Å². The van der Waals surface area contributed by atoms with Gasteiger partial charge in [0.15, 0.2) is 5.69 Å². The molecule has 0 aliphatic carbocycles. The van der Waals surface area contributed by atoms with Crippen molar-refractivity contribution in [2.45, 2.75) is 0 Å². The van der Waals surface area contributed by atoms with Gasteiger partial charge in [-0.3, -0.25) is 4.98 Å². The molecule has 0 radical (unpaired) electrons. The standard InChI is InChI=1S/C17H9FN2O2/c1-19-12-4-5-13(15(18)9-12)16-14-8-11(17(21)22)3-2-10(14)6-7-20-16/h2-9H,(H,21,22). The van der Waals surface area contributed by atoms with Crippen molar-refractivity contribution >= 4 is 22.4 Å². The number of carboxylic acid groups (broad SMARTS) is 1. The molecule has 0 amide bonds. The Balaban J connectivity index is 2.29. The molecule has 0 saturated carbocycles. The van der Waals surface area contributed by atoms with Crippen LogP contribution in [0.1, 0.15) is 10.4 Å². The van der Waals surface area contributed by atoms with Gasteiger partial charge in [-0.05, 0) is 29.7 Å². The molecule has 1 aromatic heterocycles.